The van der Waals surface area contributed by atoms with Crippen LogP contribution in [0.25, 0.3) is 0 Å². The number of urea groups is 2. The Hall–Kier alpha value is -5.88. The van der Waals surface area contributed by atoms with Gasteiger partial charge in [0.25, 0.3) is 11.6 Å². The van der Waals surface area contributed by atoms with Crippen molar-refractivity contribution in [2.24, 2.45) is 23.7 Å². The van der Waals surface area contributed by atoms with Crippen LogP contribution in [0.5, 0.6) is 0 Å². The van der Waals surface area contributed by atoms with Crippen LogP contribution < -0.4 is 42.5 Å². The van der Waals surface area contributed by atoms with Crippen LogP contribution in [0.2, 0.25) is 0 Å². The maximum absolute atomic E-state index is 13.5. The molecule has 0 radical (unpaired) electrons. The van der Waals surface area contributed by atoms with Gasteiger partial charge in [-0.15, -0.1) is 0 Å². The van der Waals surface area contributed by atoms with Crippen molar-refractivity contribution in [3.63, 3.8) is 0 Å². The molecule has 482 valence electrons. The summed E-state index contributed by atoms with van der Waals surface area (Å²) in [6.07, 6.45) is -7.18. The lowest BCUT2D eigenvalue weighted by atomic mass is 9.98. The van der Waals surface area contributed by atoms with Crippen molar-refractivity contribution >= 4 is 59.1 Å². The predicted octanol–water partition coefficient (Wildman–Crippen LogP) is 2.80. The molecule has 84 heavy (non-hydrogen) atoms. The van der Waals surface area contributed by atoms with E-state index in [-0.39, 0.29) is 129 Å². The quantitative estimate of drug-likeness (QED) is 0.0325. The van der Waals surface area contributed by atoms with Crippen LogP contribution in [0.1, 0.15) is 120 Å². The van der Waals surface area contributed by atoms with Gasteiger partial charge >= 0.3 is 24.4 Å². The van der Waals surface area contributed by atoms with Crippen molar-refractivity contribution in [2.75, 3.05) is 92.1 Å². The zero-order chi connectivity index (χ0) is 63.2. The number of carbonyl (C=O) groups excluding carboxylic acids is 10. The number of hydrogen-bond acceptors (Lipinski definition) is 14. The average molecular weight is 1220 g/mol. The number of ether oxygens (including phenoxy) is 4. The second-order valence-corrected chi connectivity index (χ2v) is 21.9. The fraction of sp³-hybridized carbons (Fsp3) is 0.815. The Morgan fingerprint density at radius 1 is 0.417 bits per heavy atom. The number of alkyl halides is 6. The molecule has 2 aliphatic rings. The van der Waals surface area contributed by atoms with Crippen LogP contribution in [-0.4, -0.2) is 210 Å². The number of rotatable bonds is 39. The van der Waals surface area contributed by atoms with Crippen LogP contribution in [-0.2, 0) is 57.3 Å². The first-order valence-corrected chi connectivity index (χ1v) is 28.9. The van der Waals surface area contributed by atoms with Gasteiger partial charge in [-0.25, -0.2) is 9.59 Å². The fourth-order valence-electron chi connectivity index (χ4n) is 8.97. The third-order valence-corrected chi connectivity index (χ3v) is 13.6. The van der Waals surface area contributed by atoms with Crippen LogP contribution in [0.15, 0.2) is 0 Å². The molecule has 0 aromatic heterocycles. The van der Waals surface area contributed by atoms with E-state index in [1.807, 2.05) is 0 Å². The third kappa shape index (κ3) is 27.4. The SMILES string of the molecule is CC(C)C(NC(=O)[C@@H]1CCCN1C(=O)[C@@H](NC(=O)CCCOCCOCCNC(=O)NCCCCNC(=O)NCCOCCOCCCC(=O)N[C@H](C(=O)N1CCC[C@H]1C(=O)NC(C(=O)C(F)(F)F)C(C)C)C(C)C)C(C)C)C(=O)C(F)(F)F. The Morgan fingerprint density at radius 2 is 0.726 bits per heavy atom. The first-order chi connectivity index (χ1) is 39.5. The number of hydrogen-bond donors (Lipinski definition) is 8. The molecule has 0 aromatic rings. The summed E-state index contributed by atoms with van der Waals surface area (Å²) in [7, 11) is 0. The molecule has 0 aromatic carbocycles. The molecule has 2 aliphatic heterocycles. The Labute approximate surface area is 487 Å². The Morgan fingerprint density at radius 3 is 1.04 bits per heavy atom. The van der Waals surface area contributed by atoms with E-state index in [1.165, 1.54) is 37.5 Å². The highest BCUT2D eigenvalue weighted by molar-refractivity contribution is 5.98. The first-order valence-electron chi connectivity index (χ1n) is 28.9. The smallest absolute Gasteiger partial charge is 0.379 e. The lowest BCUT2D eigenvalue weighted by molar-refractivity contribution is -0.175. The Balaban J connectivity index is 1.47. The summed E-state index contributed by atoms with van der Waals surface area (Å²) in [5.74, 6) is -10.3. The molecular formula is C54H90F6N10O14. The number of ketones is 2. The van der Waals surface area contributed by atoms with Gasteiger partial charge < -0.3 is 71.3 Å². The molecule has 2 unspecified atom stereocenters. The summed E-state index contributed by atoms with van der Waals surface area (Å²) in [4.78, 5) is 129. The van der Waals surface area contributed by atoms with E-state index in [0.717, 1.165) is 0 Å². The molecule has 2 fully saturated rings. The Bertz CT molecular complexity index is 1980. The standard InChI is InChI=1S/C54H90F6N10O14/c1-33(2)41(45(73)53(55,56)57)67-47(75)37-15-11-23-69(37)49(77)43(35(5)6)65-39(71)17-13-25-81-29-31-83-27-21-63-51(79)61-19-9-10-20-62-52(80)64-22-28-84-32-30-82-26-14-18-40(72)66-44(36(7)8)50(78)70-24-12-16-38(70)48(76)68-42(34(3)4)46(74)54(58,59)60/h33-38,41-44H,9-32H2,1-8H3,(H,65,71)(H,66,72)(H,67,75)(H,68,76)(H2,61,63,79)(H2,62,64,80)/t37-,38-,41?,42?,43-,44-/m0/s1. The Kier molecular flexibility index (Phi) is 33.8. The third-order valence-electron chi connectivity index (χ3n) is 13.6. The number of likely N-dealkylation sites (tertiary alicyclic amines) is 2. The van der Waals surface area contributed by atoms with Crippen molar-refractivity contribution in [1.29, 1.82) is 0 Å². The van der Waals surface area contributed by atoms with Gasteiger partial charge in [-0.05, 0) is 75.0 Å². The molecule has 6 atom stereocenters. The highest BCUT2D eigenvalue weighted by Gasteiger charge is 2.48. The van der Waals surface area contributed by atoms with Gasteiger partial charge in [0.15, 0.2) is 0 Å². The minimum absolute atomic E-state index is 0.0290. The largest absolute Gasteiger partial charge is 0.452 e. The van der Waals surface area contributed by atoms with E-state index in [4.69, 9.17) is 18.9 Å². The lowest BCUT2D eigenvalue weighted by Crippen LogP contribution is -2.58. The average Bonchev–Trinajstić information content (AvgIpc) is 4.22. The van der Waals surface area contributed by atoms with Crippen molar-refractivity contribution < 1.29 is 93.2 Å². The van der Waals surface area contributed by atoms with Gasteiger partial charge in [-0.3, -0.25) is 38.4 Å². The zero-order valence-corrected chi connectivity index (χ0v) is 49.6. The first kappa shape index (κ1) is 74.2. The van der Waals surface area contributed by atoms with E-state index in [9.17, 15) is 74.3 Å². The number of nitrogens with zero attached hydrogens (tertiary/aromatic N) is 2. The van der Waals surface area contributed by atoms with Crippen LogP contribution in [0, 0.1) is 23.7 Å². The van der Waals surface area contributed by atoms with Gasteiger partial charge in [0.2, 0.25) is 35.4 Å². The minimum atomic E-state index is -5.14. The van der Waals surface area contributed by atoms with Crippen molar-refractivity contribution in [1.82, 2.24) is 52.3 Å². The van der Waals surface area contributed by atoms with Gasteiger partial charge in [0, 0.05) is 65.3 Å². The van der Waals surface area contributed by atoms with E-state index in [0.29, 0.717) is 51.6 Å². The van der Waals surface area contributed by atoms with E-state index >= 15 is 0 Å². The topological polar surface area (TPSA) is 310 Å². The van der Waals surface area contributed by atoms with Gasteiger partial charge in [-0.1, -0.05) is 55.4 Å². The zero-order valence-electron chi connectivity index (χ0n) is 49.6. The molecule has 2 heterocycles. The van der Waals surface area contributed by atoms with Crippen molar-refractivity contribution in [3.8, 4) is 0 Å². The molecule has 0 saturated carbocycles. The van der Waals surface area contributed by atoms with E-state index < -0.39 is 107 Å². The van der Waals surface area contributed by atoms with Gasteiger partial charge in [0.05, 0.1) is 51.7 Å². The molecule has 10 amide bonds. The summed E-state index contributed by atoms with van der Waals surface area (Å²) in [6, 6.07) is -8.56. The summed E-state index contributed by atoms with van der Waals surface area (Å²) in [5, 5.41) is 20.5. The minimum Gasteiger partial charge on any atom is -0.379 e. The monoisotopic (exact) mass is 1220 g/mol. The molecule has 2 rings (SSSR count). The second-order valence-electron chi connectivity index (χ2n) is 21.9. The number of Topliss-reactive ketones (excluding diaryl/α,β-unsaturated/α-hetero) is 2. The molecular weight excluding hydrogens is 1130 g/mol. The van der Waals surface area contributed by atoms with Crippen molar-refractivity contribution in [3.05, 3.63) is 0 Å². The maximum Gasteiger partial charge on any atom is 0.452 e. The summed E-state index contributed by atoms with van der Waals surface area (Å²) in [6.45, 7) is 15.6. The highest BCUT2D eigenvalue weighted by Crippen LogP contribution is 2.26. The molecule has 0 spiro atoms. The van der Waals surface area contributed by atoms with E-state index in [1.54, 1.807) is 27.7 Å². The van der Waals surface area contributed by atoms with Crippen LogP contribution >= 0.6 is 0 Å². The molecule has 0 bridgehead atoms. The predicted molar refractivity (Wildman–Crippen MR) is 292 cm³/mol. The number of carbonyl (C=O) groups is 10. The van der Waals surface area contributed by atoms with Crippen molar-refractivity contribution in [2.45, 2.75) is 168 Å². The molecule has 0 aliphatic carbocycles. The summed E-state index contributed by atoms with van der Waals surface area (Å²) in [5.41, 5.74) is 0. The summed E-state index contributed by atoms with van der Waals surface area (Å²) < 4.78 is 101. The number of amides is 10. The number of halogens is 6. The lowest BCUT2D eigenvalue weighted by Gasteiger charge is -2.32. The number of nitrogens with one attached hydrogen (secondary N) is 8. The summed E-state index contributed by atoms with van der Waals surface area (Å²) >= 11 is 0. The normalized spacial score (nSPS) is 16.9. The maximum atomic E-state index is 13.5. The second kappa shape index (κ2) is 38.2. The highest BCUT2D eigenvalue weighted by atomic mass is 19.4. The molecule has 24 nitrogen and oxygen atoms in total. The molecule has 30 heteroatoms. The van der Waals surface area contributed by atoms with Gasteiger partial charge in [-0.2, -0.15) is 26.3 Å². The van der Waals surface area contributed by atoms with Crippen LogP contribution in [0.4, 0.5) is 35.9 Å². The van der Waals surface area contributed by atoms with Crippen LogP contribution in [0.3, 0.4) is 0 Å². The molecule has 2 saturated heterocycles. The number of unbranched alkanes of at least 4 members (excludes halogenated alkanes) is 1. The molecule has 8 N–H and O–H groups in total. The van der Waals surface area contributed by atoms with Gasteiger partial charge in [0.1, 0.15) is 24.2 Å². The fourth-order valence-corrected chi connectivity index (χ4v) is 8.97. The van der Waals surface area contributed by atoms with E-state index in [2.05, 4.69) is 42.5 Å².